The van der Waals surface area contributed by atoms with Gasteiger partial charge in [0.15, 0.2) is 0 Å². The van der Waals surface area contributed by atoms with Crippen LogP contribution in [-0.2, 0) is 0 Å². The minimum atomic E-state index is 0.590. The number of hydrazine groups is 1. The van der Waals surface area contributed by atoms with Crippen molar-refractivity contribution in [3.8, 4) is 0 Å². The zero-order valence-corrected chi connectivity index (χ0v) is 10.5. The average Bonchev–Trinajstić information content (AvgIpc) is 2.43. The van der Waals surface area contributed by atoms with E-state index in [1.54, 1.807) is 0 Å². The molecule has 0 saturated heterocycles. The van der Waals surface area contributed by atoms with Crippen LogP contribution in [0.4, 0.5) is 5.69 Å². The van der Waals surface area contributed by atoms with Gasteiger partial charge in [-0.15, -0.1) is 0 Å². The Morgan fingerprint density at radius 1 is 1.17 bits per heavy atom. The second-order valence-corrected chi connectivity index (χ2v) is 4.06. The number of hydrogen-bond donors (Lipinski definition) is 3. The van der Waals surface area contributed by atoms with Gasteiger partial charge in [0, 0.05) is 12.2 Å². The summed E-state index contributed by atoms with van der Waals surface area (Å²) in [6.07, 6.45) is 0.991. The number of nitrogens with zero attached hydrogens (tertiary/aromatic N) is 1. The van der Waals surface area contributed by atoms with Gasteiger partial charge in [-0.2, -0.15) is 0 Å². The van der Waals surface area contributed by atoms with E-state index in [0.717, 1.165) is 18.7 Å². The summed E-state index contributed by atoms with van der Waals surface area (Å²) in [6, 6.07) is 14.4. The molecule has 0 saturated carbocycles. The molecule has 2 aromatic carbocycles. The van der Waals surface area contributed by atoms with E-state index in [9.17, 15) is 0 Å². The van der Waals surface area contributed by atoms with E-state index in [0.29, 0.717) is 5.96 Å². The van der Waals surface area contributed by atoms with Crippen molar-refractivity contribution in [1.82, 2.24) is 5.43 Å². The van der Waals surface area contributed by atoms with Crippen molar-refractivity contribution in [2.45, 2.75) is 13.3 Å². The van der Waals surface area contributed by atoms with Gasteiger partial charge in [-0.25, -0.2) is 5.84 Å². The number of anilines is 1. The number of rotatable bonds is 3. The molecular formula is C14H18N4. The van der Waals surface area contributed by atoms with Crippen LogP contribution in [0.1, 0.15) is 13.3 Å². The molecule has 0 bridgehead atoms. The maximum atomic E-state index is 5.43. The Labute approximate surface area is 107 Å². The van der Waals surface area contributed by atoms with Gasteiger partial charge in [-0.3, -0.25) is 10.4 Å². The molecule has 94 valence electrons. The molecule has 18 heavy (non-hydrogen) atoms. The molecular weight excluding hydrogens is 224 g/mol. The first-order valence-electron chi connectivity index (χ1n) is 6.10. The Kier molecular flexibility index (Phi) is 4.15. The maximum absolute atomic E-state index is 5.43. The third kappa shape index (κ3) is 2.99. The van der Waals surface area contributed by atoms with Crippen molar-refractivity contribution in [2.75, 3.05) is 11.9 Å². The first-order chi connectivity index (χ1) is 8.83. The van der Waals surface area contributed by atoms with Gasteiger partial charge in [0.25, 0.3) is 0 Å². The molecule has 0 radical (unpaired) electrons. The molecule has 0 aliphatic heterocycles. The summed E-state index contributed by atoms with van der Waals surface area (Å²) in [5, 5.41) is 5.58. The standard InChI is InChI=1S/C14H18N4/c1-2-9-16-14(18-15)17-13-8-7-11-5-3-4-6-12(11)10-13/h3-8,10H,2,9,15H2,1H3,(H2,16,17,18). The van der Waals surface area contributed by atoms with Gasteiger partial charge in [0.05, 0.1) is 0 Å². The highest BCUT2D eigenvalue weighted by Crippen LogP contribution is 2.18. The quantitative estimate of drug-likeness (QED) is 0.335. The van der Waals surface area contributed by atoms with Gasteiger partial charge >= 0.3 is 0 Å². The van der Waals surface area contributed by atoms with Crippen LogP contribution in [0.5, 0.6) is 0 Å². The van der Waals surface area contributed by atoms with Crippen LogP contribution in [0, 0.1) is 0 Å². The average molecular weight is 242 g/mol. The smallest absolute Gasteiger partial charge is 0.210 e. The molecule has 4 N–H and O–H groups in total. The molecule has 2 rings (SSSR count). The highest BCUT2D eigenvalue weighted by Gasteiger charge is 1.99. The number of benzene rings is 2. The third-order valence-corrected chi connectivity index (χ3v) is 2.64. The normalized spacial score (nSPS) is 11.6. The highest BCUT2D eigenvalue weighted by atomic mass is 15.3. The van der Waals surface area contributed by atoms with E-state index in [2.05, 4.69) is 46.9 Å². The SMILES string of the molecule is CCCN=C(NN)Nc1ccc2ccccc2c1. The fourth-order valence-corrected chi connectivity index (χ4v) is 1.75. The number of aliphatic imine (C=N–C) groups is 1. The second-order valence-electron chi connectivity index (χ2n) is 4.06. The Balaban J connectivity index is 2.20. The second kappa shape index (κ2) is 6.02. The van der Waals surface area contributed by atoms with Gasteiger partial charge in [-0.05, 0) is 29.3 Å². The summed E-state index contributed by atoms with van der Waals surface area (Å²) in [6.45, 7) is 2.83. The molecule has 0 aliphatic carbocycles. The van der Waals surface area contributed by atoms with E-state index >= 15 is 0 Å². The number of guanidine groups is 1. The lowest BCUT2D eigenvalue weighted by atomic mass is 10.1. The van der Waals surface area contributed by atoms with E-state index < -0.39 is 0 Å². The van der Waals surface area contributed by atoms with Crippen molar-refractivity contribution in [2.24, 2.45) is 10.8 Å². The molecule has 2 aromatic rings. The van der Waals surface area contributed by atoms with Crippen LogP contribution >= 0.6 is 0 Å². The summed E-state index contributed by atoms with van der Waals surface area (Å²) in [4.78, 5) is 4.31. The van der Waals surface area contributed by atoms with Crippen molar-refractivity contribution >= 4 is 22.4 Å². The van der Waals surface area contributed by atoms with Gasteiger partial charge < -0.3 is 5.32 Å². The summed E-state index contributed by atoms with van der Waals surface area (Å²) in [5.41, 5.74) is 3.55. The fraction of sp³-hybridized carbons (Fsp3) is 0.214. The van der Waals surface area contributed by atoms with Crippen molar-refractivity contribution in [3.05, 3.63) is 42.5 Å². The number of fused-ring (bicyclic) bond motifs is 1. The largest absolute Gasteiger partial charge is 0.325 e. The first kappa shape index (κ1) is 12.4. The molecule has 4 nitrogen and oxygen atoms in total. The summed E-state index contributed by atoms with van der Waals surface area (Å²) < 4.78 is 0. The summed E-state index contributed by atoms with van der Waals surface area (Å²) in [5.74, 6) is 6.02. The molecule has 0 aromatic heterocycles. The zero-order chi connectivity index (χ0) is 12.8. The van der Waals surface area contributed by atoms with E-state index in [1.165, 1.54) is 10.8 Å². The topological polar surface area (TPSA) is 62.4 Å². The molecule has 0 amide bonds. The van der Waals surface area contributed by atoms with Gasteiger partial charge in [-0.1, -0.05) is 37.3 Å². The Hall–Kier alpha value is -2.07. The lowest BCUT2D eigenvalue weighted by Gasteiger charge is -2.09. The predicted molar refractivity (Wildman–Crippen MR) is 77.5 cm³/mol. The van der Waals surface area contributed by atoms with Crippen LogP contribution < -0.4 is 16.6 Å². The van der Waals surface area contributed by atoms with Crippen LogP contribution in [0.25, 0.3) is 10.8 Å². The molecule has 4 heteroatoms. The lowest BCUT2D eigenvalue weighted by Crippen LogP contribution is -2.36. The molecule has 0 atom stereocenters. The van der Waals surface area contributed by atoms with Gasteiger partial charge in [0.1, 0.15) is 0 Å². The monoisotopic (exact) mass is 242 g/mol. The predicted octanol–water partition coefficient (Wildman–Crippen LogP) is 2.48. The highest BCUT2D eigenvalue weighted by molar-refractivity contribution is 5.96. The molecule has 0 unspecified atom stereocenters. The van der Waals surface area contributed by atoms with E-state index in [-0.39, 0.29) is 0 Å². The lowest BCUT2D eigenvalue weighted by molar-refractivity contribution is 0.905. The third-order valence-electron chi connectivity index (χ3n) is 2.64. The van der Waals surface area contributed by atoms with E-state index in [4.69, 9.17) is 5.84 Å². The number of hydrogen-bond acceptors (Lipinski definition) is 2. The van der Waals surface area contributed by atoms with Crippen LogP contribution in [0.2, 0.25) is 0 Å². The maximum Gasteiger partial charge on any atom is 0.210 e. The zero-order valence-electron chi connectivity index (χ0n) is 10.5. The minimum absolute atomic E-state index is 0.590. The minimum Gasteiger partial charge on any atom is -0.325 e. The van der Waals surface area contributed by atoms with Crippen molar-refractivity contribution in [3.63, 3.8) is 0 Å². The summed E-state index contributed by atoms with van der Waals surface area (Å²) in [7, 11) is 0. The Morgan fingerprint density at radius 2 is 1.94 bits per heavy atom. The Morgan fingerprint density at radius 3 is 2.67 bits per heavy atom. The fourth-order valence-electron chi connectivity index (χ4n) is 1.75. The van der Waals surface area contributed by atoms with E-state index in [1.807, 2.05) is 18.2 Å². The van der Waals surface area contributed by atoms with Crippen LogP contribution in [-0.4, -0.2) is 12.5 Å². The number of nitrogens with one attached hydrogen (secondary N) is 2. The van der Waals surface area contributed by atoms with Crippen LogP contribution in [0.3, 0.4) is 0 Å². The molecule has 0 aliphatic rings. The molecule has 0 heterocycles. The summed E-state index contributed by atoms with van der Waals surface area (Å²) >= 11 is 0. The Bertz CT molecular complexity index is 548. The van der Waals surface area contributed by atoms with Crippen LogP contribution in [0.15, 0.2) is 47.5 Å². The number of nitrogens with two attached hydrogens (primary N) is 1. The van der Waals surface area contributed by atoms with Crippen molar-refractivity contribution < 1.29 is 0 Å². The van der Waals surface area contributed by atoms with Crippen molar-refractivity contribution in [1.29, 1.82) is 0 Å². The first-order valence-corrected chi connectivity index (χ1v) is 6.10. The van der Waals surface area contributed by atoms with Gasteiger partial charge in [0.2, 0.25) is 5.96 Å². The molecule has 0 fully saturated rings. The molecule has 0 spiro atoms.